The number of phenolic OH excluding ortho intramolecular Hbond substituents is 1. The highest BCUT2D eigenvalue weighted by atomic mass is 16.5. The molecule has 8 nitrogen and oxygen atoms in total. The highest BCUT2D eigenvalue weighted by Gasteiger charge is 2.41. The van der Waals surface area contributed by atoms with Gasteiger partial charge in [0.15, 0.2) is 11.9 Å². The topological polar surface area (TPSA) is 111 Å². The van der Waals surface area contributed by atoms with Crippen LogP contribution in [0.5, 0.6) is 5.75 Å². The monoisotopic (exact) mass is 455 g/mol. The SMILES string of the molecule is C=C/C=C(\OCC)C(NC1=C(Nc2cccc(C(=O)N(C)C)c2O)C(=O)C1O)C1CCCC1. The first kappa shape index (κ1) is 24.4. The largest absolute Gasteiger partial charge is 0.505 e. The van der Waals surface area contributed by atoms with Crippen molar-refractivity contribution in [1.29, 1.82) is 0 Å². The Labute approximate surface area is 194 Å². The average molecular weight is 456 g/mol. The van der Waals surface area contributed by atoms with E-state index in [1.807, 2.05) is 13.0 Å². The number of amides is 1. The summed E-state index contributed by atoms with van der Waals surface area (Å²) in [5.41, 5.74) is 0.824. The summed E-state index contributed by atoms with van der Waals surface area (Å²) in [7, 11) is 3.18. The maximum absolute atomic E-state index is 12.5. The Morgan fingerprint density at radius 3 is 2.64 bits per heavy atom. The van der Waals surface area contributed by atoms with Crippen LogP contribution in [-0.2, 0) is 9.53 Å². The molecule has 1 aromatic carbocycles. The minimum absolute atomic E-state index is 0.115. The smallest absolute Gasteiger partial charge is 0.257 e. The van der Waals surface area contributed by atoms with Gasteiger partial charge in [0.05, 0.1) is 29.6 Å². The molecule has 1 aromatic rings. The van der Waals surface area contributed by atoms with Gasteiger partial charge in [0, 0.05) is 14.1 Å². The van der Waals surface area contributed by atoms with Gasteiger partial charge in [-0.15, -0.1) is 0 Å². The molecule has 178 valence electrons. The molecule has 1 fully saturated rings. The number of benzene rings is 1. The Morgan fingerprint density at radius 2 is 2.03 bits per heavy atom. The lowest BCUT2D eigenvalue weighted by Gasteiger charge is -2.35. The number of phenols is 1. The van der Waals surface area contributed by atoms with E-state index in [1.165, 1.54) is 11.0 Å². The van der Waals surface area contributed by atoms with E-state index in [0.29, 0.717) is 18.1 Å². The second-order valence-electron chi connectivity index (χ2n) is 8.49. The predicted octanol–water partition coefficient (Wildman–Crippen LogP) is 2.92. The molecule has 1 saturated carbocycles. The maximum Gasteiger partial charge on any atom is 0.257 e. The molecule has 0 spiro atoms. The molecule has 4 N–H and O–H groups in total. The molecule has 0 aliphatic heterocycles. The molecule has 3 rings (SSSR count). The Kier molecular flexibility index (Phi) is 7.81. The lowest BCUT2D eigenvalue weighted by molar-refractivity contribution is -0.124. The number of para-hydroxylation sites is 1. The molecule has 0 aromatic heterocycles. The van der Waals surface area contributed by atoms with Crippen LogP contribution in [-0.4, -0.2) is 59.7 Å². The third kappa shape index (κ3) is 5.06. The molecule has 33 heavy (non-hydrogen) atoms. The van der Waals surface area contributed by atoms with Crippen molar-refractivity contribution in [2.24, 2.45) is 5.92 Å². The van der Waals surface area contributed by atoms with Gasteiger partial charge in [-0.3, -0.25) is 9.59 Å². The summed E-state index contributed by atoms with van der Waals surface area (Å²) < 4.78 is 5.86. The number of aromatic hydroxyl groups is 1. The summed E-state index contributed by atoms with van der Waals surface area (Å²) in [5.74, 6) is -0.114. The first-order chi connectivity index (χ1) is 15.8. The molecular formula is C25H33N3O5. The molecule has 1 amide bonds. The molecule has 0 radical (unpaired) electrons. The van der Waals surface area contributed by atoms with Crippen molar-refractivity contribution in [2.75, 3.05) is 26.0 Å². The maximum atomic E-state index is 12.5. The predicted molar refractivity (Wildman–Crippen MR) is 127 cm³/mol. The van der Waals surface area contributed by atoms with E-state index in [2.05, 4.69) is 17.2 Å². The van der Waals surface area contributed by atoms with E-state index in [-0.39, 0.29) is 40.6 Å². The van der Waals surface area contributed by atoms with Crippen LogP contribution in [0.2, 0.25) is 0 Å². The summed E-state index contributed by atoms with van der Waals surface area (Å²) in [4.78, 5) is 26.2. The van der Waals surface area contributed by atoms with E-state index in [9.17, 15) is 19.8 Å². The normalized spacial score (nSPS) is 19.7. The van der Waals surface area contributed by atoms with E-state index in [1.54, 1.807) is 32.3 Å². The fourth-order valence-electron chi connectivity index (χ4n) is 4.34. The van der Waals surface area contributed by atoms with Gasteiger partial charge in [0.1, 0.15) is 11.5 Å². The van der Waals surface area contributed by atoms with Crippen LogP contribution in [0.15, 0.2) is 54.1 Å². The van der Waals surface area contributed by atoms with Crippen LogP contribution in [0.3, 0.4) is 0 Å². The summed E-state index contributed by atoms with van der Waals surface area (Å²) >= 11 is 0. The average Bonchev–Trinajstić information content (AvgIpc) is 3.33. The Morgan fingerprint density at radius 1 is 1.33 bits per heavy atom. The standard InChI is InChI=1S/C25H33N3O5/c1-5-10-18(33-6-2)19(15-11-7-8-12-15)27-21-20(23(30)24(21)31)26-17-14-9-13-16(22(17)29)25(32)28(3)4/h5,9-10,13-15,19,24,26-27,29,31H,1,6-8,11-12H2,2-4H3/b18-10-. The number of rotatable bonds is 10. The molecule has 2 unspecified atom stereocenters. The van der Waals surface area contributed by atoms with Gasteiger partial charge < -0.3 is 30.5 Å². The quantitative estimate of drug-likeness (QED) is 0.244. The van der Waals surface area contributed by atoms with Crippen molar-refractivity contribution in [3.63, 3.8) is 0 Å². The van der Waals surface area contributed by atoms with Crippen molar-refractivity contribution in [1.82, 2.24) is 10.2 Å². The van der Waals surface area contributed by atoms with Gasteiger partial charge in [0.25, 0.3) is 5.91 Å². The number of ether oxygens (including phenoxy) is 1. The molecule has 0 bridgehead atoms. The number of carbonyl (C=O) groups is 2. The van der Waals surface area contributed by atoms with Crippen LogP contribution < -0.4 is 10.6 Å². The van der Waals surface area contributed by atoms with Crippen molar-refractivity contribution in [3.05, 3.63) is 59.6 Å². The molecular weight excluding hydrogens is 422 g/mol. The van der Waals surface area contributed by atoms with E-state index >= 15 is 0 Å². The molecule has 2 aliphatic rings. The minimum Gasteiger partial charge on any atom is -0.505 e. The fraction of sp³-hybridized carbons (Fsp3) is 0.440. The number of hydrogen-bond donors (Lipinski definition) is 4. The lowest BCUT2D eigenvalue weighted by Crippen LogP contribution is -2.50. The zero-order chi connectivity index (χ0) is 24.1. The second-order valence-corrected chi connectivity index (χ2v) is 8.49. The van der Waals surface area contributed by atoms with Crippen molar-refractivity contribution in [2.45, 2.75) is 44.8 Å². The van der Waals surface area contributed by atoms with E-state index in [4.69, 9.17) is 4.74 Å². The number of nitrogens with one attached hydrogen (secondary N) is 2. The van der Waals surface area contributed by atoms with Gasteiger partial charge >= 0.3 is 0 Å². The van der Waals surface area contributed by atoms with Gasteiger partial charge in [-0.2, -0.15) is 0 Å². The lowest BCUT2D eigenvalue weighted by atomic mass is 9.90. The zero-order valence-corrected chi connectivity index (χ0v) is 19.4. The number of ketones is 1. The molecule has 2 atom stereocenters. The van der Waals surface area contributed by atoms with Gasteiger partial charge in [0.2, 0.25) is 5.78 Å². The van der Waals surface area contributed by atoms with Crippen molar-refractivity contribution < 1.29 is 24.5 Å². The molecule has 0 heterocycles. The molecule has 8 heteroatoms. The highest BCUT2D eigenvalue weighted by molar-refractivity contribution is 6.11. The Balaban J connectivity index is 1.93. The Hall–Kier alpha value is -3.26. The van der Waals surface area contributed by atoms with Crippen LogP contribution in [0.4, 0.5) is 5.69 Å². The number of hydrogen-bond acceptors (Lipinski definition) is 7. The number of Topliss-reactive ketones (excluding diaryl/α,β-unsaturated/α-hetero) is 1. The number of carbonyl (C=O) groups excluding carboxylic acids is 2. The summed E-state index contributed by atoms with van der Waals surface area (Å²) in [5, 5.41) is 27.3. The number of aliphatic hydroxyl groups is 1. The van der Waals surface area contributed by atoms with E-state index < -0.39 is 11.9 Å². The van der Waals surface area contributed by atoms with Crippen LogP contribution >= 0.6 is 0 Å². The van der Waals surface area contributed by atoms with E-state index in [0.717, 1.165) is 25.7 Å². The number of aliphatic hydroxyl groups excluding tert-OH is 1. The van der Waals surface area contributed by atoms with Crippen LogP contribution in [0.25, 0.3) is 0 Å². The first-order valence-electron chi connectivity index (χ1n) is 11.3. The third-order valence-corrected chi connectivity index (χ3v) is 6.05. The molecule has 0 saturated heterocycles. The number of anilines is 1. The van der Waals surface area contributed by atoms with Crippen LogP contribution in [0, 0.1) is 5.92 Å². The number of nitrogens with zero attached hydrogens (tertiary/aromatic N) is 1. The number of allylic oxidation sites excluding steroid dienone is 2. The minimum atomic E-state index is -1.29. The van der Waals surface area contributed by atoms with Gasteiger partial charge in [-0.05, 0) is 43.9 Å². The van der Waals surface area contributed by atoms with Crippen molar-refractivity contribution >= 4 is 17.4 Å². The highest BCUT2D eigenvalue weighted by Crippen LogP contribution is 2.36. The van der Waals surface area contributed by atoms with Gasteiger partial charge in [-0.25, -0.2) is 0 Å². The summed E-state index contributed by atoms with van der Waals surface area (Å²) in [6.45, 7) is 6.16. The second kappa shape index (κ2) is 10.6. The van der Waals surface area contributed by atoms with Gasteiger partial charge in [-0.1, -0.05) is 31.6 Å². The zero-order valence-electron chi connectivity index (χ0n) is 19.4. The Bertz CT molecular complexity index is 976. The summed E-state index contributed by atoms with van der Waals surface area (Å²) in [6, 6.07) is 4.48. The third-order valence-electron chi connectivity index (χ3n) is 6.05. The van der Waals surface area contributed by atoms with Crippen LogP contribution in [0.1, 0.15) is 43.0 Å². The van der Waals surface area contributed by atoms with Crippen molar-refractivity contribution in [3.8, 4) is 5.75 Å². The molecule has 2 aliphatic carbocycles. The first-order valence-corrected chi connectivity index (χ1v) is 11.3. The fourth-order valence-corrected chi connectivity index (χ4v) is 4.34. The summed E-state index contributed by atoms with van der Waals surface area (Å²) in [6.07, 6.45) is 6.42.